The lowest BCUT2D eigenvalue weighted by atomic mass is 9.82. The predicted octanol–water partition coefficient (Wildman–Crippen LogP) is 5.12. The van der Waals surface area contributed by atoms with Crippen LogP contribution in [-0.2, 0) is 0 Å². The summed E-state index contributed by atoms with van der Waals surface area (Å²) >= 11 is 3.69. The Morgan fingerprint density at radius 2 is 1.62 bits per heavy atom. The molecule has 0 amide bonds. The van der Waals surface area contributed by atoms with Gasteiger partial charge in [0, 0.05) is 16.0 Å². The molecule has 1 aromatic carbocycles. The smallest absolute Gasteiger partial charge is 0.0527 e. The zero-order valence-electron chi connectivity index (χ0n) is 8.44. The van der Waals surface area contributed by atoms with E-state index in [-0.39, 0.29) is 0 Å². The van der Waals surface area contributed by atoms with Crippen LogP contribution in [0.2, 0.25) is 0 Å². The van der Waals surface area contributed by atoms with Gasteiger partial charge in [0.1, 0.15) is 0 Å². The van der Waals surface area contributed by atoms with E-state index in [2.05, 4.69) is 47.2 Å². The Labute approximate surface area is 102 Å². The van der Waals surface area contributed by atoms with Crippen molar-refractivity contribution in [1.29, 1.82) is 0 Å². The maximum Gasteiger partial charge on any atom is 0.0527 e. The van der Waals surface area contributed by atoms with Gasteiger partial charge in [0.2, 0.25) is 0 Å². The molecule has 16 heavy (non-hydrogen) atoms. The molecule has 0 nitrogen and oxygen atoms in total. The molecule has 1 aliphatic carbocycles. The molecular weight excluding hydrogens is 232 g/mol. The highest BCUT2D eigenvalue weighted by Gasteiger charge is 2.27. The summed E-state index contributed by atoms with van der Waals surface area (Å²) in [4.78, 5) is 2.82. The normalized spacial score (nSPS) is 11.8. The molecule has 4 rings (SSSR count). The molecule has 76 valence electrons. The molecule has 0 bridgehead atoms. The Bertz CT molecular complexity index is 660. The highest BCUT2D eigenvalue weighted by atomic mass is 32.1. The van der Waals surface area contributed by atoms with Crippen molar-refractivity contribution < 1.29 is 0 Å². The summed E-state index contributed by atoms with van der Waals surface area (Å²) in [7, 11) is 0. The van der Waals surface area contributed by atoms with Crippen LogP contribution in [0.1, 0.15) is 0 Å². The van der Waals surface area contributed by atoms with Crippen LogP contribution in [0.3, 0.4) is 0 Å². The van der Waals surface area contributed by atoms with Crippen LogP contribution in [0.5, 0.6) is 0 Å². The van der Waals surface area contributed by atoms with Crippen LogP contribution in [0.25, 0.3) is 32.0 Å². The van der Waals surface area contributed by atoms with Gasteiger partial charge in [-0.1, -0.05) is 30.3 Å². The highest BCUT2D eigenvalue weighted by molar-refractivity contribution is 7.21. The molecule has 3 aromatic rings. The first kappa shape index (κ1) is 8.74. The standard InChI is InChI=1S/C14H8S2/c1-2-5-10-9(4-1)11-8-16-14(13(10)11)12-6-3-7-15-12/h1-8H. The van der Waals surface area contributed by atoms with Crippen molar-refractivity contribution in [2.45, 2.75) is 0 Å². The van der Waals surface area contributed by atoms with Crippen LogP contribution < -0.4 is 0 Å². The summed E-state index contributed by atoms with van der Waals surface area (Å²) in [5.74, 6) is 0. The van der Waals surface area contributed by atoms with Crippen molar-refractivity contribution >= 4 is 22.7 Å². The van der Waals surface area contributed by atoms with Gasteiger partial charge in [-0.25, -0.2) is 0 Å². The van der Waals surface area contributed by atoms with E-state index in [0.29, 0.717) is 0 Å². The lowest BCUT2D eigenvalue weighted by molar-refractivity contribution is 1.58. The number of hydrogen-bond donors (Lipinski definition) is 0. The minimum Gasteiger partial charge on any atom is -0.143 e. The quantitative estimate of drug-likeness (QED) is 0.433. The second-order valence-corrected chi connectivity index (χ2v) is 5.70. The molecule has 0 aliphatic heterocycles. The zero-order valence-corrected chi connectivity index (χ0v) is 10.1. The minimum absolute atomic E-state index is 1.39. The van der Waals surface area contributed by atoms with Gasteiger partial charge in [0.25, 0.3) is 0 Å². The fourth-order valence-electron chi connectivity index (χ4n) is 2.29. The average Bonchev–Trinajstić information content (AvgIpc) is 2.93. The van der Waals surface area contributed by atoms with Gasteiger partial charge < -0.3 is 0 Å². The van der Waals surface area contributed by atoms with Gasteiger partial charge in [-0.3, -0.25) is 0 Å². The molecule has 0 saturated carbocycles. The predicted molar refractivity (Wildman–Crippen MR) is 72.1 cm³/mol. The Kier molecular flexibility index (Phi) is 1.67. The van der Waals surface area contributed by atoms with Crippen LogP contribution in [0.15, 0.2) is 47.2 Å². The third-order valence-electron chi connectivity index (χ3n) is 3.02. The van der Waals surface area contributed by atoms with Crippen LogP contribution >= 0.6 is 22.7 Å². The molecule has 0 N–H and O–H groups in total. The lowest BCUT2D eigenvalue weighted by Crippen LogP contribution is -1.94. The fraction of sp³-hybridized carbons (Fsp3) is 0. The first-order valence-corrected chi connectivity index (χ1v) is 6.96. The SMILES string of the molecule is c1csc(-c2scc3c2-c2ccccc2-3)c1. The molecule has 1 aliphatic rings. The Hall–Kier alpha value is -1.38. The molecule has 0 spiro atoms. The summed E-state index contributed by atoms with van der Waals surface area (Å²) in [6.45, 7) is 0. The highest BCUT2D eigenvalue weighted by Crippen LogP contribution is 2.55. The number of hydrogen-bond acceptors (Lipinski definition) is 2. The largest absolute Gasteiger partial charge is 0.143 e. The van der Waals surface area contributed by atoms with Crippen molar-refractivity contribution in [3.8, 4) is 32.0 Å². The Morgan fingerprint density at radius 3 is 2.44 bits per heavy atom. The molecule has 0 radical (unpaired) electrons. The number of fused-ring (bicyclic) bond motifs is 4. The van der Waals surface area contributed by atoms with Crippen molar-refractivity contribution in [3.63, 3.8) is 0 Å². The topological polar surface area (TPSA) is 0 Å². The Morgan fingerprint density at radius 1 is 0.750 bits per heavy atom. The van der Waals surface area contributed by atoms with Gasteiger partial charge in [-0.15, -0.1) is 22.7 Å². The van der Waals surface area contributed by atoms with Crippen LogP contribution in [0.4, 0.5) is 0 Å². The van der Waals surface area contributed by atoms with E-state index in [1.165, 1.54) is 32.0 Å². The summed E-state index contributed by atoms with van der Waals surface area (Å²) in [6, 6.07) is 13.0. The zero-order chi connectivity index (χ0) is 10.5. The number of thiophene rings is 2. The summed E-state index contributed by atoms with van der Waals surface area (Å²) in [5, 5.41) is 4.43. The van der Waals surface area contributed by atoms with E-state index >= 15 is 0 Å². The lowest BCUT2D eigenvalue weighted by Gasteiger charge is -2.20. The second-order valence-electron chi connectivity index (χ2n) is 3.88. The molecule has 0 saturated heterocycles. The number of rotatable bonds is 1. The average molecular weight is 240 g/mol. The van der Waals surface area contributed by atoms with Gasteiger partial charge >= 0.3 is 0 Å². The van der Waals surface area contributed by atoms with Gasteiger partial charge in [0.15, 0.2) is 0 Å². The van der Waals surface area contributed by atoms with E-state index in [4.69, 9.17) is 0 Å². The first-order valence-electron chi connectivity index (χ1n) is 5.20. The minimum atomic E-state index is 1.39. The van der Waals surface area contributed by atoms with Crippen LogP contribution in [0, 0.1) is 0 Å². The maximum absolute atomic E-state index is 2.28. The van der Waals surface area contributed by atoms with Crippen LogP contribution in [-0.4, -0.2) is 0 Å². The maximum atomic E-state index is 2.28. The molecular formula is C14H8S2. The molecule has 2 aromatic heterocycles. The molecule has 0 unspecified atom stereocenters. The third-order valence-corrected chi connectivity index (χ3v) is 5.05. The van der Waals surface area contributed by atoms with Crippen molar-refractivity contribution in [1.82, 2.24) is 0 Å². The summed E-state index contributed by atoms with van der Waals surface area (Å²) in [5.41, 5.74) is 5.73. The van der Waals surface area contributed by atoms with Crippen molar-refractivity contribution in [3.05, 3.63) is 47.2 Å². The fourth-order valence-corrected chi connectivity index (χ4v) is 4.25. The van der Waals surface area contributed by atoms with E-state index < -0.39 is 0 Å². The molecule has 0 fully saturated rings. The monoisotopic (exact) mass is 240 g/mol. The van der Waals surface area contributed by atoms with Gasteiger partial charge in [-0.05, 0) is 28.0 Å². The van der Waals surface area contributed by atoms with Gasteiger partial charge in [-0.2, -0.15) is 0 Å². The Balaban J connectivity index is 1.97. The molecule has 2 heterocycles. The molecule has 0 atom stereocenters. The first-order chi connectivity index (χ1) is 7.95. The van der Waals surface area contributed by atoms with Gasteiger partial charge in [0.05, 0.1) is 4.88 Å². The molecule has 2 heteroatoms. The van der Waals surface area contributed by atoms with Crippen molar-refractivity contribution in [2.24, 2.45) is 0 Å². The third kappa shape index (κ3) is 0.984. The summed E-state index contributed by atoms with van der Waals surface area (Å²) in [6.07, 6.45) is 0. The van der Waals surface area contributed by atoms with E-state index in [0.717, 1.165) is 0 Å². The number of benzene rings is 1. The van der Waals surface area contributed by atoms with E-state index in [1.54, 1.807) is 0 Å². The van der Waals surface area contributed by atoms with E-state index in [9.17, 15) is 0 Å². The van der Waals surface area contributed by atoms with Crippen molar-refractivity contribution in [2.75, 3.05) is 0 Å². The van der Waals surface area contributed by atoms with E-state index in [1.807, 2.05) is 22.7 Å². The second kappa shape index (κ2) is 3.06. The summed E-state index contributed by atoms with van der Waals surface area (Å²) < 4.78 is 0.